The Kier molecular flexibility index (Phi) is 5.08. The lowest BCUT2D eigenvalue weighted by molar-refractivity contribution is -0.171. The van der Waals surface area contributed by atoms with Crippen LogP contribution in [0.4, 0.5) is 0 Å². The van der Waals surface area contributed by atoms with Crippen LogP contribution in [0.5, 0.6) is 0 Å². The lowest BCUT2D eigenvalue weighted by atomic mass is 9.48. The van der Waals surface area contributed by atoms with Gasteiger partial charge in [0.2, 0.25) is 0 Å². The van der Waals surface area contributed by atoms with Crippen molar-refractivity contribution in [3.05, 3.63) is 11.6 Å². The molecule has 158 valence electrons. The molecule has 4 aliphatic rings. The zero-order valence-corrected chi connectivity index (χ0v) is 18.2. The van der Waals surface area contributed by atoms with Crippen molar-refractivity contribution < 1.29 is 19.1 Å². The van der Waals surface area contributed by atoms with Crippen molar-refractivity contribution in [2.45, 2.75) is 84.3 Å². The molecule has 0 heterocycles. The Morgan fingerprint density at radius 1 is 1.17 bits per heavy atom. The number of carbonyl (C=O) groups excluding carboxylic acids is 2. The molecular formula is C25H34O4. The number of fused-ring (bicyclic) bond motifs is 5. The highest BCUT2D eigenvalue weighted by Crippen LogP contribution is 2.67. The lowest BCUT2D eigenvalue weighted by Crippen LogP contribution is -2.56. The summed E-state index contributed by atoms with van der Waals surface area (Å²) < 4.78 is 11.4. The first-order chi connectivity index (χ1) is 13.7. The minimum Gasteiger partial charge on any atom is -0.458 e. The van der Waals surface area contributed by atoms with Crippen molar-refractivity contribution in [3.8, 4) is 12.3 Å². The van der Waals surface area contributed by atoms with Gasteiger partial charge in [0.15, 0.2) is 5.60 Å². The minimum absolute atomic E-state index is 0.0519. The number of ether oxygens (including phenoxy) is 2. The topological polar surface area (TPSA) is 52.6 Å². The molecule has 0 spiro atoms. The zero-order valence-electron chi connectivity index (χ0n) is 18.2. The van der Waals surface area contributed by atoms with Gasteiger partial charge in [-0.3, -0.25) is 9.59 Å². The number of hydrogen-bond acceptors (Lipinski definition) is 4. The highest BCUT2D eigenvalue weighted by molar-refractivity contribution is 5.67. The van der Waals surface area contributed by atoms with E-state index in [1.54, 1.807) is 0 Å². The van der Waals surface area contributed by atoms with E-state index in [0.29, 0.717) is 29.6 Å². The maximum Gasteiger partial charge on any atom is 0.304 e. The van der Waals surface area contributed by atoms with E-state index in [4.69, 9.17) is 15.9 Å². The molecule has 0 N–H and O–H groups in total. The van der Waals surface area contributed by atoms with E-state index in [1.807, 2.05) is 0 Å². The Morgan fingerprint density at radius 3 is 2.59 bits per heavy atom. The Labute approximate surface area is 174 Å². The minimum atomic E-state index is -0.758. The van der Waals surface area contributed by atoms with E-state index in [2.05, 4.69) is 25.8 Å². The van der Waals surface area contributed by atoms with Gasteiger partial charge in [0.05, 0.1) is 0 Å². The summed E-state index contributed by atoms with van der Waals surface area (Å²) in [6.07, 6.45) is 15.3. The van der Waals surface area contributed by atoms with E-state index >= 15 is 0 Å². The van der Waals surface area contributed by atoms with Crippen LogP contribution in [0, 0.1) is 47.3 Å². The third kappa shape index (κ3) is 3.13. The molecular weight excluding hydrogens is 364 g/mol. The van der Waals surface area contributed by atoms with Crippen molar-refractivity contribution in [2.24, 2.45) is 35.0 Å². The molecule has 4 heteroatoms. The first-order valence-electron chi connectivity index (χ1n) is 11.3. The Morgan fingerprint density at radius 2 is 1.93 bits per heavy atom. The van der Waals surface area contributed by atoms with Gasteiger partial charge < -0.3 is 9.47 Å². The Hall–Kier alpha value is -1.76. The number of terminal acetylenes is 1. The summed E-state index contributed by atoms with van der Waals surface area (Å²) in [5.41, 5.74) is 0.594. The van der Waals surface area contributed by atoms with E-state index in [0.717, 1.165) is 44.9 Å². The van der Waals surface area contributed by atoms with Crippen LogP contribution in [0.15, 0.2) is 11.6 Å². The molecule has 4 nitrogen and oxygen atoms in total. The third-order valence-corrected chi connectivity index (χ3v) is 8.70. The van der Waals surface area contributed by atoms with Crippen LogP contribution in [-0.2, 0) is 19.1 Å². The SMILES string of the molecule is C#C[C@]1(OC(C)=O)CC[C@H]2[C@@H]3CCC4=C[C@@H](OC(C)=O)CC[C@@H]4[C@H]3[C@@H](C)C[C@@]21C. The van der Waals surface area contributed by atoms with Gasteiger partial charge in [-0.05, 0) is 80.6 Å². The molecule has 0 radical (unpaired) electrons. The zero-order chi connectivity index (χ0) is 21.0. The van der Waals surface area contributed by atoms with E-state index in [9.17, 15) is 9.59 Å². The summed E-state index contributed by atoms with van der Waals surface area (Å²) in [6.45, 7) is 7.62. The first kappa shape index (κ1) is 20.5. The first-order valence-corrected chi connectivity index (χ1v) is 11.3. The average Bonchev–Trinajstić information content (AvgIpc) is 2.92. The Balaban J connectivity index is 1.62. The largest absolute Gasteiger partial charge is 0.458 e. The molecule has 0 amide bonds. The van der Waals surface area contributed by atoms with Gasteiger partial charge in [-0.15, -0.1) is 6.42 Å². The highest BCUT2D eigenvalue weighted by Gasteiger charge is 2.65. The number of carbonyl (C=O) groups is 2. The molecule has 0 aromatic rings. The summed E-state index contributed by atoms with van der Waals surface area (Å²) in [5, 5.41) is 0. The smallest absolute Gasteiger partial charge is 0.304 e. The van der Waals surface area contributed by atoms with Crippen molar-refractivity contribution in [1.82, 2.24) is 0 Å². The molecule has 3 saturated carbocycles. The quantitative estimate of drug-likeness (QED) is 0.385. The fourth-order valence-electron chi connectivity index (χ4n) is 7.85. The number of rotatable bonds is 2. The standard InChI is InChI=1S/C25H34O4/c1-6-25(29-17(4)27)12-11-22-21-9-7-18-13-19(28-16(3)26)8-10-20(18)23(21)15(2)14-24(22,25)5/h1,13,15,19-23H,7-12,14H2,2-5H3/t15-,19-,20-,21-,22-,23+,24-,25-/m0/s1. The number of hydrogen-bond donors (Lipinski definition) is 0. The Bertz CT molecular complexity index is 776. The summed E-state index contributed by atoms with van der Waals surface area (Å²) in [7, 11) is 0. The van der Waals surface area contributed by atoms with Crippen LogP contribution >= 0.6 is 0 Å². The van der Waals surface area contributed by atoms with Crippen LogP contribution in [-0.4, -0.2) is 23.6 Å². The molecule has 0 aromatic heterocycles. The highest BCUT2D eigenvalue weighted by atomic mass is 16.6. The van der Waals surface area contributed by atoms with Gasteiger partial charge in [0.1, 0.15) is 6.10 Å². The molecule has 29 heavy (non-hydrogen) atoms. The van der Waals surface area contributed by atoms with Crippen LogP contribution in [0.3, 0.4) is 0 Å². The van der Waals surface area contributed by atoms with Crippen molar-refractivity contribution >= 4 is 11.9 Å². The van der Waals surface area contributed by atoms with Gasteiger partial charge in [-0.2, -0.15) is 0 Å². The van der Waals surface area contributed by atoms with Crippen molar-refractivity contribution in [1.29, 1.82) is 0 Å². The molecule has 0 bridgehead atoms. The molecule has 3 fully saturated rings. The fourth-order valence-corrected chi connectivity index (χ4v) is 7.85. The summed E-state index contributed by atoms with van der Waals surface area (Å²) in [5.74, 6) is 5.39. The molecule has 4 rings (SSSR count). The predicted molar refractivity (Wildman–Crippen MR) is 111 cm³/mol. The van der Waals surface area contributed by atoms with E-state index in [1.165, 1.54) is 19.4 Å². The number of allylic oxidation sites excluding steroid dienone is 1. The molecule has 4 aliphatic carbocycles. The second-order valence-corrected chi connectivity index (χ2v) is 10.2. The van der Waals surface area contributed by atoms with Gasteiger partial charge in [0.25, 0.3) is 0 Å². The lowest BCUT2D eigenvalue weighted by Gasteiger charge is -2.58. The summed E-state index contributed by atoms with van der Waals surface area (Å²) in [6, 6.07) is 0. The van der Waals surface area contributed by atoms with Gasteiger partial charge >= 0.3 is 11.9 Å². The van der Waals surface area contributed by atoms with Crippen molar-refractivity contribution in [2.75, 3.05) is 0 Å². The molecule has 0 saturated heterocycles. The normalized spacial score (nSPS) is 45.7. The fraction of sp³-hybridized carbons (Fsp3) is 0.760. The second-order valence-electron chi connectivity index (χ2n) is 10.2. The van der Waals surface area contributed by atoms with E-state index in [-0.39, 0.29) is 23.5 Å². The summed E-state index contributed by atoms with van der Waals surface area (Å²) >= 11 is 0. The third-order valence-electron chi connectivity index (χ3n) is 8.70. The molecule has 0 aromatic carbocycles. The maximum absolute atomic E-state index is 11.9. The monoisotopic (exact) mass is 398 g/mol. The molecule has 8 atom stereocenters. The average molecular weight is 399 g/mol. The van der Waals surface area contributed by atoms with Crippen molar-refractivity contribution in [3.63, 3.8) is 0 Å². The van der Waals surface area contributed by atoms with Gasteiger partial charge in [-0.25, -0.2) is 0 Å². The van der Waals surface area contributed by atoms with Gasteiger partial charge in [-0.1, -0.05) is 25.3 Å². The maximum atomic E-state index is 11.9. The van der Waals surface area contributed by atoms with Crippen LogP contribution in [0.1, 0.15) is 72.6 Å². The van der Waals surface area contributed by atoms with Crippen LogP contribution in [0.25, 0.3) is 0 Å². The second kappa shape index (κ2) is 7.18. The van der Waals surface area contributed by atoms with Gasteiger partial charge in [0, 0.05) is 19.3 Å². The number of esters is 2. The predicted octanol–water partition coefficient (Wildman–Crippen LogP) is 4.67. The van der Waals surface area contributed by atoms with E-state index < -0.39 is 5.60 Å². The molecule has 0 aliphatic heterocycles. The van der Waals surface area contributed by atoms with Crippen LogP contribution in [0.2, 0.25) is 0 Å². The van der Waals surface area contributed by atoms with Crippen LogP contribution < -0.4 is 0 Å². The summed E-state index contributed by atoms with van der Waals surface area (Å²) in [4.78, 5) is 23.3. The molecule has 0 unspecified atom stereocenters.